The first-order chi connectivity index (χ1) is 20.5. The number of hydrogen-bond donors (Lipinski definition) is 3. The minimum absolute atomic E-state index is 0.0648. The lowest BCUT2D eigenvalue weighted by Gasteiger charge is -2.26. The summed E-state index contributed by atoms with van der Waals surface area (Å²) in [6.45, 7) is 5.42. The third-order valence-electron chi connectivity index (χ3n) is 8.03. The molecule has 9 heteroatoms. The predicted molar refractivity (Wildman–Crippen MR) is 166 cm³/mol. The van der Waals surface area contributed by atoms with Gasteiger partial charge < -0.3 is 20.5 Å². The normalized spacial score (nSPS) is 16.2. The number of aromatic amines is 1. The van der Waals surface area contributed by atoms with E-state index in [0.29, 0.717) is 22.5 Å². The fourth-order valence-electron chi connectivity index (χ4n) is 5.66. The van der Waals surface area contributed by atoms with Crippen molar-refractivity contribution in [3.8, 4) is 11.3 Å². The van der Waals surface area contributed by atoms with Gasteiger partial charge in [-0.3, -0.25) is 14.9 Å². The van der Waals surface area contributed by atoms with E-state index in [9.17, 15) is 14.9 Å². The van der Waals surface area contributed by atoms with E-state index < -0.39 is 4.92 Å². The van der Waals surface area contributed by atoms with Gasteiger partial charge in [0, 0.05) is 53.8 Å². The molecule has 0 bridgehead atoms. The molecule has 6 rings (SSSR count). The number of carbonyl (C=O) groups excluding carboxylic acids is 1. The number of nitro benzene ring substituents is 1. The number of non-ortho nitro benzene ring substituents is 1. The third kappa shape index (κ3) is 5.82. The van der Waals surface area contributed by atoms with Gasteiger partial charge in [-0.05, 0) is 61.7 Å². The van der Waals surface area contributed by atoms with Crippen molar-refractivity contribution >= 4 is 34.2 Å². The second-order valence-electron chi connectivity index (χ2n) is 10.8. The summed E-state index contributed by atoms with van der Waals surface area (Å²) in [5.74, 6) is 0.626. The molecule has 214 valence electrons. The number of likely N-dealkylation sites (tertiary alicyclic amines) is 1. The second kappa shape index (κ2) is 12.0. The fourth-order valence-corrected chi connectivity index (χ4v) is 5.66. The molecule has 1 amide bonds. The number of amides is 1. The van der Waals surface area contributed by atoms with Crippen molar-refractivity contribution in [3.63, 3.8) is 0 Å². The highest BCUT2D eigenvalue weighted by Gasteiger charge is 2.30. The molecule has 0 atom stereocenters. The molecule has 3 aromatic carbocycles. The number of hydrogen-bond acceptors (Lipinski definition) is 6. The summed E-state index contributed by atoms with van der Waals surface area (Å²) in [7, 11) is 0. The quantitative estimate of drug-likeness (QED) is 0.122. The van der Waals surface area contributed by atoms with Crippen LogP contribution >= 0.6 is 0 Å². The molecule has 4 aromatic rings. The van der Waals surface area contributed by atoms with Gasteiger partial charge in [-0.25, -0.2) is 4.98 Å². The molecule has 9 nitrogen and oxygen atoms in total. The number of anilines is 2. The number of fused-ring (bicyclic) bond motifs is 1. The number of H-pyrrole nitrogens is 1. The van der Waals surface area contributed by atoms with Gasteiger partial charge >= 0.3 is 0 Å². The molecule has 0 radical (unpaired) electrons. The molecule has 0 unspecified atom stereocenters. The summed E-state index contributed by atoms with van der Waals surface area (Å²) in [5.41, 5.74) is 6.65. The lowest BCUT2D eigenvalue weighted by molar-refractivity contribution is -0.384. The molecule has 2 aliphatic rings. The van der Waals surface area contributed by atoms with Crippen LogP contribution in [0, 0.1) is 10.1 Å². The SMILES string of the molecule is CCc1nc(-c2ccc(N/C(=C3\C(=O)Nc4ccc([N+](=O)[O-])cc43)c3ccc(CCN4CCCCC4)cc3)cc2)c[nH]1. The molecule has 1 saturated heterocycles. The van der Waals surface area contributed by atoms with Crippen LogP contribution in [0.2, 0.25) is 0 Å². The average molecular weight is 563 g/mol. The van der Waals surface area contributed by atoms with Crippen LogP contribution in [0.25, 0.3) is 22.5 Å². The highest BCUT2D eigenvalue weighted by atomic mass is 16.6. The van der Waals surface area contributed by atoms with Crippen molar-refractivity contribution in [1.29, 1.82) is 0 Å². The zero-order chi connectivity index (χ0) is 29.1. The zero-order valence-corrected chi connectivity index (χ0v) is 23.7. The summed E-state index contributed by atoms with van der Waals surface area (Å²) >= 11 is 0. The number of imidazole rings is 1. The van der Waals surface area contributed by atoms with Crippen LogP contribution in [-0.4, -0.2) is 45.3 Å². The lowest BCUT2D eigenvalue weighted by atomic mass is 9.98. The number of aromatic nitrogens is 2. The number of aryl methyl sites for hydroxylation is 1. The molecule has 0 spiro atoms. The fraction of sp³-hybridized carbons (Fsp3) is 0.273. The summed E-state index contributed by atoms with van der Waals surface area (Å²) in [5, 5.41) is 17.9. The zero-order valence-electron chi connectivity index (χ0n) is 23.7. The third-order valence-corrected chi connectivity index (χ3v) is 8.03. The number of piperidine rings is 1. The van der Waals surface area contributed by atoms with Gasteiger partial charge in [-0.2, -0.15) is 0 Å². The molecular formula is C33H34N6O3. The number of benzene rings is 3. The van der Waals surface area contributed by atoms with E-state index in [0.717, 1.165) is 60.8 Å². The first kappa shape index (κ1) is 27.4. The Morgan fingerprint density at radius 3 is 2.48 bits per heavy atom. The lowest BCUT2D eigenvalue weighted by Crippen LogP contribution is -2.31. The Balaban J connectivity index is 1.34. The first-order valence-corrected chi connectivity index (χ1v) is 14.6. The van der Waals surface area contributed by atoms with E-state index >= 15 is 0 Å². The Labute approximate surface area is 244 Å². The standard InChI is InChI=1S/C33H34N6O3/c1-2-30-34-21-29(36-30)23-10-12-25(13-11-23)35-32(31-27-20-26(39(41)42)14-15-28(27)37-33(31)40)24-8-6-22(7-9-24)16-19-38-17-4-3-5-18-38/h6-15,20-21,35H,2-5,16-19H2,1H3,(H,34,36)(H,37,40)/b32-31-. The monoisotopic (exact) mass is 562 g/mol. The highest BCUT2D eigenvalue weighted by Crippen LogP contribution is 2.39. The van der Waals surface area contributed by atoms with Crippen LogP contribution in [0.4, 0.5) is 17.1 Å². The number of carbonyl (C=O) groups is 1. The molecule has 3 heterocycles. The maximum Gasteiger partial charge on any atom is 0.270 e. The van der Waals surface area contributed by atoms with Crippen LogP contribution in [0.3, 0.4) is 0 Å². The average Bonchev–Trinajstić information content (AvgIpc) is 3.63. The van der Waals surface area contributed by atoms with Crippen molar-refractivity contribution in [3.05, 3.63) is 106 Å². The van der Waals surface area contributed by atoms with Crippen LogP contribution in [0.15, 0.2) is 72.9 Å². The summed E-state index contributed by atoms with van der Waals surface area (Å²) < 4.78 is 0. The number of rotatable bonds is 9. The van der Waals surface area contributed by atoms with E-state index in [1.807, 2.05) is 42.6 Å². The molecule has 0 saturated carbocycles. The van der Waals surface area contributed by atoms with Gasteiger partial charge in [0.25, 0.3) is 11.6 Å². The topological polar surface area (TPSA) is 116 Å². The smallest absolute Gasteiger partial charge is 0.270 e. The molecule has 0 aliphatic carbocycles. The van der Waals surface area contributed by atoms with Gasteiger partial charge in [0.1, 0.15) is 5.82 Å². The Kier molecular flexibility index (Phi) is 7.83. The van der Waals surface area contributed by atoms with Gasteiger partial charge in [-0.15, -0.1) is 0 Å². The van der Waals surface area contributed by atoms with Crippen LogP contribution in [0.5, 0.6) is 0 Å². The van der Waals surface area contributed by atoms with Crippen molar-refractivity contribution in [1.82, 2.24) is 14.9 Å². The van der Waals surface area contributed by atoms with E-state index in [-0.39, 0.29) is 11.6 Å². The van der Waals surface area contributed by atoms with Crippen molar-refractivity contribution < 1.29 is 9.72 Å². The molecular weight excluding hydrogens is 528 g/mol. The minimum Gasteiger partial charge on any atom is -0.354 e. The summed E-state index contributed by atoms with van der Waals surface area (Å²) in [6.07, 6.45) is 7.55. The van der Waals surface area contributed by atoms with Crippen LogP contribution in [-0.2, 0) is 17.6 Å². The Morgan fingerprint density at radius 1 is 1.02 bits per heavy atom. The van der Waals surface area contributed by atoms with Gasteiger partial charge in [-0.1, -0.05) is 49.7 Å². The predicted octanol–water partition coefficient (Wildman–Crippen LogP) is 6.51. The van der Waals surface area contributed by atoms with E-state index in [1.165, 1.54) is 37.0 Å². The molecule has 3 N–H and O–H groups in total. The maximum absolute atomic E-state index is 13.3. The van der Waals surface area contributed by atoms with Crippen LogP contribution < -0.4 is 10.6 Å². The van der Waals surface area contributed by atoms with Gasteiger partial charge in [0.15, 0.2) is 0 Å². The number of nitrogens with one attached hydrogen (secondary N) is 3. The van der Waals surface area contributed by atoms with E-state index in [2.05, 4.69) is 44.6 Å². The summed E-state index contributed by atoms with van der Waals surface area (Å²) in [6, 6.07) is 20.6. The van der Waals surface area contributed by atoms with Gasteiger partial charge in [0.05, 0.1) is 21.9 Å². The first-order valence-electron chi connectivity index (χ1n) is 14.6. The Hall–Kier alpha value is -4.76. The highest BCUT2D eigenvalue weighted by molar-refractivity contribution is 6.37. The van der Waals surface area contributed by atoms with E-state index in [1.54, 1.807) is 6.07 Å². The van der Waals surface area contributed by atoms with Crippen molar-refractivity contribution in [2.24, 2.45) is 0 Å². The Bertz CT molecular complexity index is 1630. The van der Waals surface area contributed by atoms with Gasteiger partial charge in [0.2, 0.25) is 0 Å². The number of nitro groups is 1. The van der Waals surface area contributed by atoms with Crippen molar-refractivity contribution in [2.45, 2.75) is 39.0 Å². The van der Waals surface area contributed by atoms with Crippen LogP contribution in [0.1, 0.15) is 48.7 Å². The van der Waals surface area contributed by atoms with E-state index in [4.69, 9.17) is 0 Å². The number of nitrogens with zero attached hydrogens (tertiary/aromatic N) is 3. The Morgan fingerprint density at radius 2 is 1.79 bits per heavy atom. The molecule has 1 aromatic heterocycles. The maximum atomic E-state index is 13.3. The largest absolute Gasteiger partial charge is 0.354 e. The summed E-state index contributed by atoms with van der Waals surface area (Å²) in [4.78, 5) is 34.8. The molecule has 1 fully saturated rings. The molecule has 2 aliphatic heterocycles. The molecule has 42 heavy (non-hydrogen) atoms. The second-order valence-corrected chi connectivity index (χ2v) is 10.8. The van der Waals surface area contributed by atoms with Crippen molar-refractivity contribution in [2.75, 3.05) is 30.3 Å². The minimum atomic E-state index is -0.442.